The first kappa shape index (κ1) is 18.7. The van der Waals surface area contributed by atoms with Crippen LogP contribution in [0.3, 0.4) is 0 Å². The lowest BCUT2D eigenvalue weighted by atomic mass is 10.0. The van der Waals surface area contributed by atoms with E-state index in [0.29, 0.717) is 0 Å². The lowest BCUT2D eigenvalue weighted by molar-refractivity contribution is -0.148. The molecule has 0 spiro atoms. The molecular formula is C20H28O3Si. The maximum Gasteiger partial charge on any atom is 0.331 e. The van der Waals surface area contributed by atoms with Gasteiger partial charge in [0.1, 0.15) is 5.60 Å². The van der Waals surface area contributed by atoms with Crippen LogP contribution in [0.25, 0.3) is 5.57 Å². The quantitative estimate of drug-likeness (QED) is 0.445. The van der Waals surface area contributed by atoms with Crippen LogP contribution >= 0.6 is 0 Å². The standard InChI is InChI=1S/C20H28O3Si/c1-15-14-18(24(5,6)23-15)17(16-10-8-7-9-11-16)12-13-19(21)22-20(2,3)4/h7-13,15H,14H2,1-6H3/b13-12+,18-17-. The van der Waals surface area contributed by atoms with Gasteiger partial charge in [-0.1, -0.05) is 30.3 Å². The van der Waals surface area contributed by atoms with Gasteiger partial charge in [0.2, 0.25) is 8.32 Å². The fraction of sp³-hybridized carbons (Fsp3) is 0.450. The summed E-state index contributed by atoms with van der Waals surface area (Å²) in [6, 6.07) is 10.2. The Bertz CT molecular complexity index is 651. The predicted molar refractivity (Wildman–Crippen MR) is 101 cm³/mol. The van der Waals surface area contributed by atoms with Gasteiger partial charge in [0.25, 0.3) is 0 Å². The zero-order valence-electron chi connectivity index (χ0n) is 15.6. The van der Waals surface area contributed by atoms with Crippen LogP contribution in [0.15, 0.2) is 47.7 Å². The van der Waals surface area contributed by atoms with Crippen LogP contribution < -0.4 is 0 Å². The average Bonchev–Trinajstić information content (AvgIpc) is 2.71. The van der Waals surface area contributed by atoms with Crippen molar-refractivity contribution in [2.45, 2.75) is 58.9 Å². The van der Waals surface area contributed by atoms with Crippen molar-refractivity contribution in [3.8, 4) is 0 Å². The van der Waals surface area contributed by atoms with Crippen LogP contribution in [0.2, 0.25) is 13.1 Å². The fourth-order valence-corrected chi connectivity index (χ4v) is 5.95. The van der Waals surface area contributed by atoms with E-state index in [1.165, 1.54) is 11.3 Å². The third-order valence-corrected chi connectivity index (χ3v) is 6.84. The third-order valence-electron chi connectivity index (χ3n) is 3.92. The van der Waals surface area contributed by atoms with Gasteiger partial charge in [-0.25, -0.2) is 4.79 Å². The predicted octanol–water partition coefficient (Wildman–Crippen LogP) is 4.89. The van der Waals surface area contributed by atoms with Crippen molar-refractivity contribution in [2.24, 2.45) is 0 Å². The molecule has 1 fully saturated rings. The summed E-state index contributed by atoms with van der Waals surface area (Å²) in [5, 5.41) is 1.35. The number of allylic oxidation sites excluding steroid dienone is 2. The van der Waals surface area contributed by atoms with Crippen LogP contribution in [-0.2, 0) is 14.0 Å². The highest BCUT2D eigenvalue weighted by Gasteiger charge is 2.39. The summed E-state index contributed by atoms with van der Waals surface area (Å²) in [5.74, 6) is -0.317. The number of ether oxygens (including phenoxy) is 1. The Morgan fingerprint density at radius 3 is 2.33 bits per heavy atom. The van der Waals surface area contributed by atoms with E-state index in [1.54, 1.807) is 0 Å². The number of esters is 1. The number of hydrogen-bond acceptors (Lipinski definition) is 3. The number of carbonyl (C=O) groups is 1. The minimum Gasteiger partial charge on any atom is -0.457 e. The summed E-state index contributed by atoms with van der Waals surface area (Å²) in [6.07, 6.45) is 4.58. The second-order valence-corrected chi connectivity index (χ2v) is 11.6. The van der Waals surface area contributed by atoms with E-state index < -0.39 is 13.9 Å². The molecule has 3 nitrogen and oxygen atoms in total. The average molecular weight is 345 g/mol. The first-order valence-corrected chi connectivity index (χ1v) is 11.4. The Morgan fingerprint density at radius 1 is 1.21 bits per heavy atom. The van der Waals surface area contributed by atoms with Crippen molar-refractivity contribution in [1.82, 2.24) is 0 Å². The van der Waals surface area contributed by atoms with Crippen molar-refractivity contribution in [3.05, 3.63) is 53.2 Å². The monoisotopic (exact) mass is 344 g/mol. The van der Waals surface area contributed by atoms with Crippen LogP contribution in [0.1, 0.15) is 39.7 Å². The molecular weight excluding hydrogens is 316 g/mol. The molecule has 1 aromatic rings. The highest BCUT2D eigenvalue weighted by atomic mass is 28.4. The summed E-state index contributed by atoms with van der Waals surface area (Å²) in [4.78, 5) is 12.1. The number of benzene rings is 1. The van der Waals surface area contributed by atoms with Crippen LogP contribution in [-0.4, -0.2) is 26.0 Å². The minimum atomic E-state index is -1.92. The largest absolute Gasteiger partial charge is 0.457 e. The van der Waals surface area contributed by atoms with Crippen LogP contribution in [0, 0.1) is 0 Å². The molecule has 4 heteroatoms. The highest BCUT2D eigenvalue weighted by Crippen LogP contribution is 2.37. The van der Waals surface area contributed by atoms with Gasteiger partial charge in [0.05, 0.1) is 0 Å². The van der Waals surface area contributed by atoms with Crippen LogP contribution in [0.4, 0.5) is 0 Å². The molecule has 0 amide bonds. The summed E-state index contributed by atoms with van der Waals surface area (Å²) in [6.45, 7) is 12.2. The molecule has 1 aliphatic heterocycles. The van der Waals surface area contributed by atoms with Gasteiger partial charge in [-0.05, 0) is 69.6 Å². The lowest BCUT2D eigenvalue weighted by Gasteiger charge is -2.20. The summed E-state index contributed by atoms with van der Waals surface area (Å²) in [7, 11) is -1.92. The van der Waals surface area contributed by atoms with Crippen molar-refractivity contribution in [1.29, 1.82) is 0 Å². The van der Waals surface area contributed by atoms with E-state index in [-0.39, 0.29) is 12.1 Å². The normalized spacial score (nSPS) is 22.7. The smallest absolute Gasteiger partial charge is 0.331 e. The van der Waals surface area contributed by atoms with Gasteiger partial charge in [-0.2, -0.15) is 0 Å². The molecule has 1 aromatic carbocycles. The first-order valence-electron chi connectivity index (χ1n) is 8.46. The lowest BCUT2D eigenvalue weighted by Crippen LogP contribution is -2.28. The molecule has 1 unspecified atom stereocenters. The first-order chi connectivity index (χ1) is 11.1. The summed E-state index contributed by atoms with van der Waals surface area (Å²) in [5.41, 5.74) is 1.73. The van der Waals surface area contributed by atoms with Crippen LogP contribution in [0.5, 0.6) is 0 Å². The molecule has 130 valence electrons. The van der Waals surface area contributed by atoms with Gasteiger partial charge in [0.15, 0.2) is 0 Å². The Labute approximate surface area is 146 Å². The van der Waals surface area contributed by atoms with Gasteiger partial charge < -0.3 is 9.16 Å². The molecule has 0 aromatic heterocycles. The number of hydrogen-bond donors (Lipinski definition) is 0. The van der Waals surface area contributed by atoms with Crippen molar-refractivity contribution in [2.75, 3.05) is 0 Å². The molecule has 0 bridgehead atoms. The van der Waals surface area contributed by atoms with Crippen molar-refractivity contribution in [3.63, 3.8) is 0 Å². The molecule has 1 atom stereocenters. The number of rotatable bonds is 3. The molecule has 0 saturated carbocycles. The van der Waals surface area contributed by atoms with E-state index >= 15 is 0 Å². The summed E-state index contributed by atoms with van der Waals surface area (Å²) >= 11 is 0. The molecule has 0 N–H and O–H groups in total. The second kappa shape index (κ2) is 7.07. The number of carbonyl (C=O) groups excluding carboxylic acids is 1. The zero-order chi connectivity index (χ0) is 18.0. The SMILES string of the molecule is CC1C/C(=C(\C=C\C(=O)OC(C)(C)C)c2ccccc2)[Si](C)(C)O1. The molecule has 1 saturated heterocycles. The van der Waals surface area contributed by atoms with E-state index in [0.717, 1.165) is 17.6 Å². The van der Waals surface area contributed by atoms with Gasteiger partial charge >= 0.3 is 5.97 Å². The highest BCUT2D eigenvalue weighted by molar-refractivity contribution is 6.80. The Balaban J connectivity index is 2.41. The Hall–Kier alpha value is -1.65. The molecule has 0 radical (unpaired) electrons. The van der Waals surface area contributed by atoms with E-state index in [9.17, 15) is 4.79 Å². The molecule has 24 heavy (non-hydrogen) atoms. The van der Waals surface area contributed by atoms with Gasteiger partial charge in [-0.3, -0.25) is 0 Å². The van der Waals surface area contributed by atoms with Crippen molar-refractivity contribution >= 4 is 19.9 Å². The Morgan fingerprint density at radius 2 is 1.83 bits per heavy atom. The van der Waals surface area contributed by atoms with Gasteiger partial charge in [-0.15, -0.1) is 0 Å². The zero-order valence-corrected chi connectivity index (χ0v) is 16.6. The Kier molecular flexibility index (Phi) is 5.51. The second-order valence-electron chi connectivity index (χ2n) is 7.77. The molecule has 1 heterocycles. The fourth-order valence-electron chi connectivity index (χ4n) is 3.06. The van der Waals surface area contributed by atoms with E-state index in [1.807, 2.05) is 45.0 Å². The third kappa shape index (κ3) is 4.92. The van der Waals surface area contributed by atoms with E-state index in [4.69, 9.17) is 9.16 Å². The molecule has 1 aliphatic rings. The topological polar surface area (TPSA) is 35.5 Å². The maximum atomic E-state index is 12.1. The molecule has 0 aliphatic carbocycles. The summed E-state index contributed by atoms with van der Waals surface area (Å²) < 4.78 is 11.6. The molecule has 2 rings (SSSR count). The minimum absolute atomic E-state index is 0.232. The van der Waals surface area contributed by atoms with E-state index in [2.05, 4.69) is 32.2 Å². The maximum absolute atomic E-state index is 12.1. The van der Waals surface area contributed by atoms with Gasteiger partial charge in [0, 0.05) is 12.2 Å². The van der Waals surface area contributed by atoms with Crippen molar-refractivity contribution < 1.29 is 14.0 Å².